The molecular formula is C17H24F2N2. The van der Waals surface area contributed by atoms with Gasteiger partial charge in [-0.05, 0) is 43.9 Å². The highest BCUT2D eigenvalue weighted by molar-refractivity contribution is 5.24. The first-order chi connectivity index (χ1) is 10.2. The van der Waals surface area contributed by atoms with Gasteiger partial charge in [0.05, 0.1) is 0 Å². The van der Waals surface area contributed by atoms with Crippen LogP contribution in [0.3, 0.4) is 0 Å². The van der Waals surface area contributed by atoms with E-state index in [0.717, 1.165) is 18.7 Å². The Labute approximate surface area is 125 Å². The average molecular weight is 294 g/mol. The number of rotatable bonds is 5. The van der Waals surface area contributed by atoms with Crippen molar-refractivity contribution < 1.29 is 8.78 Å². The van der Waals surface area contributed by atoms with Crippen molar-refractivity contribution in [3.8, 4) is 0 Å². The first-order valence-corrected chi connectivity index (χ1v) is 8.02. The second-order valence-corrected chi connectivity index (χ2v) is 6.37. The Balaban J connectivity index is 1.68. The second kappa shape index (κ2) is 6.41. The first-order valence-electron chi connectivity index (χ1n) is 8.02. The highest BCUT2D eigenvalue weighted by atomic mass is 19.3. The summed E-state index contributed by atoms with van der Waals surface area (Å²) in [7, 11) is 0. The van der Waals surface area contributed by atoms with Crippen LogP contribution < -0.4 is 5.32 Å². The van der Waals surface area contributed by atoms with Crippen molar-refractivity contribution in [1.29, 1.82) is 0 Å². The van der Waals surface area contributed by atoms with Gasteiger partial charge in [0.2, 0.25) is 0 Å². The molecule has 3 rings (SSSR count). The number of benzene rings is 1. The fourth-order valence-corrected chi connectivity index (χ4v) is 3.89. The standard InChI is InChI=1S/C17H24F2N2/c1-2-21(16-9-14-6-7-15(10-16)20-14)11-12-4-3-5-13(8-12)17(18)19/h3-5,8,14-17,20H,2,6-7,9-11H2,1H3. The Kier molecular flexibility index (Phi) is 4.55. The molecule has 1 aromatic carbocycles. The topological polar surface area (TPSA) is 15.3 Å². The number of hydrogen-bond donors (Lipinski definition) is 1. The molecular weight excluding hydrogens is 270 g/mol. The Bertz CT molecular complexity index is 466. The fraction of sp³-hybridized carbons (Fsp3) is 0.647. The van der Waals surface area contributed by atoms with Crippen LogP contribution >= 0.6 is 0 Å². The lowest BCUT2D eigenvalue weighted by atomic mass is 9.97. The molecule has 0 aliphatic carbocycles. The van der Waals surface area contributed by atoms with Gasteiger partial charge in [-0.15, -0.1) is 0 Å². The number of hydrogen-bond acceptors (Lipinski definition) is 2. The van der Waals surface area contributed by atoms with Gasteiger partial charge >= 0.3 is 0 Å². The van der Waals surface area contributed by atoms with Gasteiger partial charge in [-0.2, -0.15) is 0 Å². The number of nitrogens with zero attached hydrogens (tertiary/aromatic N) is 1. The van der Waals surface area contributed by atoms with Gasteiger partial charge < -0.3 is 5.32 Å². The number of nitrogens with one attached hydrogen (secondary N) is 1. The van der Waals surface area contributed by atoms with Crippen LogP contribution in [0.5, 0.6) is 0 Å². The quantitative estimate of drug-likeness (QED) is 0.890. The molecule has 0 radical (unpaired) electrons. The maximum absolute atomic E-state index is 12.8. The molecule has 21 heavy (non-hydrogen) atoms. The van der Waals surface area contributed by atoms with E-state index in [9.17, 15) is 8.78 Å². The van der Waals surface area contributed by atoms with Gasteiger partial charge in [-0.3, -0.25) is 4.90 Å². The average Bonchev–Trinajstić information content (AvgIpc) is 2.83. The summed E-state index contributed by atoms with van der Waals surface area (Å²) >= 11 is 0. The summed E-state index contributed by atoms with van der Waals surface area (Å²) < 4.78 is 25.6. The van der Waals surface area contributed by atoms with Crippen LogP contribution in [0.15, 0.2) is 24.3 Å². The van der Waals surface area contributed by atoms with E-state index < -0.39 is 6.43 Å². The molecule has 1 aromatic rings. The molecule has 2 bridgehead atoms. The summed E-state index contributed by atoms with van der Waals surface area (Å²) in [6.45, 7) is 3.92. The van der Waals surface area contributed by atoms with E-state index in [0.29, 0.717) is 18.1 Å². The third-order valence-electron chi connectivity index (χ3n) is 4.96. The highest BCUT2D eigenvalue weighted by Gasteiger charge is 2.35. The third-order valence-corrected chi connectivity index (χ3v) is 4.96. The molecule has 1 N–H and O–H groups in total. The van der Waals surface area contributed by atoms with Crippen LogP contribution in [0.25, 0.3) is 0 Å². The molecule has 0 amide bonds. The summed E-state index contributed by atoms with van der Waals surface area (Å²) in [6, 6.07) is 8.79. The smallest absolute Gasteiger partial charge is 0.263 e. The molecule has 4 heteroatoms. The maximum atomic E-state index is 12.8. The lowest BCUT2D eigenvalue weighted by molar-refractivity contribution is 0.139. The van der Waals surface area contributed by atoms with E-state index in [1.54, 1.807) is 12.1 Å². The van der Waals surface area contributed by atoms with Crippen LogP contribution in [0, 0.1) is 0 Å². The monoisotopic (exact) mass is 294 g/mol. The number of piperidine rings is 1. The normalized spacial score (nSPS) is 28.5. The predicted octanol–water partition coefficient (Wildman–Crippen LogP) is 3.73. The zero-order valence-corrected chi connectivity index (χ0v) is 12.6. The van der Waals surface area contributed by atoms with Crippen molar-refractivity contribution in [2.45, 2.75) is 63.7 Å². The molecule has 2 heterocycles. The minimum Gasteiger partial charge on any atom is -0.311 e. The Hall–Kier alpha value is -1.00. The van der Waals surface area contributed by atoms with Gasteiger partial charge in [0.1, 0.15) is 0 Å². The van der Waals surface area contributed by atoms with Crippen molar-refractivity contribution in [3.05, 3.63) is 35.4 Å². The molecule has 2 atom stereocenters. The molecule has 2 nitrogen and oxygen atoms in total. The van der Waals surface area contributed by atoms with E-state index in [1.165, 1.54) is 31.7 Å². The summed E-state index contributed by atoms with van der Waals surface area (Å²) in [4.78, 5) is 2.46. The summed E-state index contributed by atoms with van der Waals surface area (Å²) in [5.41, 5.74) is 1.13. The molecule has 2 unspecified atom stereocenters. The molecule has 2 fully saturated rings. The van der Waals surface area contributed by atoms with E-state index in [2.05, 4.69) is 17.1 Å². The van der Waals surface area contributed by atoms with Crippen LogP contribution in [-0.2, 0) is 6.54 Å². The third kappa shape index (κ3) is 3.43. The van der Waals surface area contributed by atoms with Gasteiger partial charge in [-0.1, -0.05) is 25.1 Å². The summed E-state index contributed by atoms with van der Waals surface area (Å²) in [6.07, 6.45) is 2.59. The van der Waals surface area contributed by atoms with Crippen LogP contribution in [-0.4, -0.2) is 29.6 Å². The summed E-state index contributed by atoms with van der Waals surface area (Å²) in [5, 5.41) is 3.66. The van der Waals surface area contributed by atoms with E-state index in [-0.39, 0.29) is 5.56 Å². The van der Waals surface area contributed by atoms with E-state index >= 15 is 0 Å². The van der Waals surface area contributed by atoms with Crippen molar-refractivity contribution in [1.82, 2.24) is 10.2 Å². The zero-order chi connectivity index (χ0) is 14.8. The molecule has 116 valence electrons. The molecule has 2 aliphatic heterocycles. The zero-order valence-electron chi connectivity index (χ0n) is 12.6. The highest BCUT2D eigenvalue weighted by Crippen LogP contribution is 2.30. The SMILES string of the molecule is CCN(Cc1cccc(C(F)F)c1)C1CC2CCC(C1)N2. The Morgan fingerprint density at radius 1 is 1.24 bits per heavy atom. The van der Waals surface area contributed by atoms with Crippen LogP contribution in [0.1, 0.15) is 50.2 Å². The summed E-state index contributed by atoms with van der Waals surface area (Å²) in [5.74, 6) is 0. The Morgan fingerprint density at radius 2 is 1.95 bits per heavy atom. The van der Waals surface area contributed by atoms with Crippen molar-refractivity contribution >= 4 is 0 Å². The van der Waals surface area contributed by atoms with Gasteiger partial charge in [0.15, 0.2) is 0 Å². The molecule has 0 saturated carbocycles. The van der Waals surface area contributed by atoms with Crippen LogP contribution in [0.2, 0.25) is 0 Å². The van der Waals surface area contributed by atoms with Crippen molar-refractivity contribution in [3.63, 3.8) is 0 Å². The first kappa shape index (κ1) is 14.9. The van der Waals surface area contributed by atoms with Gasteiger partial charge in [0.25, 0.3) is 6.43 Å². The lowest BCUT2D eigenvalue weighted by Crippen LogP contribution is -2.47. The lowest BCUT2D eigenvalue weighted by Gasteiger charge is -2.37. The fourth-order valence-electron chi connectivity index (χ4n) is 3.89. The van der Waals surface area contributed by atoms with Crippen LogP contribution in [0.4, 0.5) is 8.78 Å². The Morgan fingerprint density at radius 3 is 2.57 bits per heavy atom. The minimum atomic E-state index is -2.38. The van der Waals surface area contributed by atoms with E-state index in [1.807, 2.05) is 6.07 Å². The molecule has 0 aromatic heterocycles. The minimum absolute atomic E-state index is 0.133. The van der Waals surface area contributed by atoms with Crippen molar-refractivity contribution in [2.75, 3.05) is 6.54 Å². The predicted molar refractivity (Wildman–Crippen MR) is 80.5 cm³/mol. The largest absolute Gasteiger partial charge is 0.311 e. The number of fused-ring (bicyclic) bond motifs is 2. The molecule has 2 saturated heterocycles. The number of halogens is 2. The van der Waals surface area contributed by atoms with Gasteiger partial charge in [-0.25, -0.2) is 8.78 Å². The molecule has 0 spiro atoms. The molecule has 2 aliphatic rings. The maximum Gasteiger partial charge on any atom is 0.263 e. The van der Waals surface area contributed by atoms with Gasteiger partial charge in [0, 0.05) is 30.2 Å². The number of alkyl halides is 2. The second-order valence-electron chi connectivity index (χ2n) is 6.37. The van der Waals surface area contributed by atoms with Crippen molar-refractivity contribution in [2.24, 2.45) is 0 Å². The van der Waals surface area contributed by atoms with E-state index in [4.69, 9.17) is 0 Å².